The quantitative estimate of drug-likeness (QED) is 0.819. The third-order valence-corrected chi connectivity index (χ3v) is 5.40. The molecule has 5 nitrogen and oxygen atoms in total. The summed E-state index contributed by atoms with van der Waals surface area (Å²) in [5, 5.41) is 3.18. The van der Waals surface area contributed by atoms with E-state index in [1.165, 1.54) is 11.1 Å². The minimum atomic E-state index is -0.0660. The molecule has 2 aromatic rings. The number of nitrogen functional groups attached to an aromatic ring is 1. The highest BCUT2D eigenvalue weighted by Crippen LogP contribution is 2.32. The Balaban J connectivity index is 1.54. The number of amides is 2. The molecule has 5 heteroatoms. The van der Waals surface area contributed by atoms with Crippen LogP contribution in [0.3, 0.4) is 0 Å². The molecule has 0 saturated carbocycles. The Morgan fingerprint density at radius 3 is 2.77 bits per heavy atom. The van der Waals surface area contributed by atoms with Crippen molar-refractivity contribution in [1.29, 1.82) is 0 Å². The van der Waals surface area contributed by atoms with Crippen LogP contribution in [0.2, 0.25) is 0 Å². The number of nitrogens with two attached hydrogens (primary N) is 1. The third-order valence-electron chi connectivity index (χ3n) is 5.40. The lowest BCUT2D eigenvalue weighted by Gasteiger charge is -2.27. The molecule has 3 N–H and O–H groups in total. The van der Waals surface area contributed by atoms with E-state index in [1.807, 2.05) is 36.4 Å². The second kappa shape index (κ2) is 6.48. The van der Waals surface area contributed by atoms with Gasteiger partial charge in [-0.3, -0.25) is 9.59 Å². The van der Waals surface area contributed by atoms with Crippen LogP contribution in [0.4, 0.5) is 11.4 Å². The number of rotatable bonds is 2. The fourth-order valence-corrected chi connectivity index (χ4v) is 4.10. The van der Waals surface area contributed by atoms with Gasteiger partial charge in [-0.05, 0) is 72.7 Å². The highest BCUT2D eigenvalue weighted by Gasteiger charge is 2.25. The van der Waals surface area contributed by atoms with Crippen LogP contribution in [0.15, 0.2) is 36.4 Å². The molecular weight excluding hydrogens is 326 g/mol. The van der Waals surface area contributed by atoms with Crippen molar-refractivity contribution in [3.05, 3.63) is 58.7 Å². The summed E-state index contributed by atoms with van der Waals surface area (Å²) in [5.74, 6) is -0.0252. The van der Waals surface area contributed by atoms with Gasteiger partial charge in [0.05, 0.1) is 6.04 Å². The summed E-state index contributed by atoms with van der Waals surface area (Å²) in [5.41, 5.74) is 11.7. The molecule has 134 valence electrons. The van der Waals surface area contributed by atoms with Crippen molar-refractivity contribution < 1.29 is 9.59 Å². The largest absolute Gasteiger partial charge is 0.399 e. The van der Waals surface area contributed by atoms with Crippen molar-refractivity contribution in [3.8, 4) is 0 Å². The molecule has 0 spiro atoms. The van der Waals surface area contributed by atoms with Crippen LogP contribution in [0, 0.1) is 0 Å². The second-order valence-electron chi connectivity index (χ2n) is 7.14. The molecular formula is C21H23N3O2. The molecule has 2 aliphatic rings. The summed E-state index contributed by atoms with van der Waals surface area (Å²) in [6, 6.07) is 11.6. The molecule has 1 heterocycles. The summed E-state index contributed by atoms with van der Waals surface area (Å²) in [4.78, 5) is 26.2. The van der Waals surface area contributed by atoms with Gasteiger partial charge in [0.25, 0.3) is 5.91 Å². The fraction of sp³-hybridized carbons (Fsp3) is 0.333. The van der Waals surface area contributed by atoms with Gasteiger partial charge in [0.1, 0.15) is 0 Å². The summed E-state index contributed by atoms with van der Waals surface area (Å²) in [6.07, 6.45) is 3.78. The van der Waals surface area contributed by atoms with Crippen molar-refractivity contribution in [2.45, 2.75) is 38.6 Å². The van der Waals surface area contributed by atoms with Crippen molar-refractivity contribution >= 4 is 23.2 Å². The molecule has 0 aromatic heterocycles. The van der Waals surface area contributed by atoms with Gasteiger partial charge in [0.15, 0.2) is 0 Å². The number of nitrogens with zero attached hydrogens (tertiary/aromatic N) is 1. The van der Waals surface area contributed by atoms with E-state index >= 15 is 0 Å². The Hall–Kier alpha value is -2.82. The smallest absolute Gasteiger partial charge is 0.251 e. The van der Waals surface area contributed by atoms with E-state index in [0.29, 0.717) is 12.1 Å². The van der Waals surface area contributed by atoms with Crippen molar-refractivity contribution in [1.82, 2.24) is 5.32 Å². The molecule has 0 fully saturated rings. The van der Waals surface area contributed by atoms with E-state index in [-0.39, 0.29) is 17.9 Å². The van der Waals surface area contributed by atoms with Crippen LogP contribution in [0.1, 0.15) is 52.9 Å². The number of benzene rings is 2. The van der Waals surface area contributed by atoms with Gasteiger partial charge in [-0.2, -0.15) is 0 Å². The summed E-state index contributed by atoms with van der Waals surface area (Å²) >= 11 is 0. The number of anilines is 2. The maximum Gasteiger partial charge on any atom is 0.251 e. The zero-order chi connectivity index (χ0) is 18.3. The lowest BCUT2D eigenvalue weighted by atomic mass is 9.87. The van der Waals surface area contributed by atoms with Crippen molar-refractivity contribution in [3.63, 3.8) is 0 Å². The van der Waals surface area contributed by atoms with Gasteiger partial charge in [0.2, 0.25) is 5.91 Å². The van der Waals surface area contributed by atoms with Gasteiger partial charge >= 0.3 is 0 Å². The lowest BCUT2D eigenvalue weighted by molar-refractivity contribution is -0.116. The van der Waals surface area contributed by atoms with E-state index in [2.05, 4.69) is 5.32 Å². The van der Waals surface area contributed by atoms with E-state index in [9.17, 15) is 9.59 Å². The van der Waals surface area contributed by atoms with E-state index < -0.39 is 0 Å². The number of aryl methyl sites for hydroxylation is 1. The van der Waals surface area contributed by atoms with Crippen LogP contribution in [0.5, 0.6) is 0 Å². The number of fused-ring (bicyclic) bond motifs is 2. The topological polar surface area (TPSA) is 75.4 Å². The van der Waals surface area contributed by atoms with Crippen LogP contribution in [-0.2, 0) is 17.6 Å². The zero-order valence-corrected chi connectivity index (χ0v) is 14.9. The van der Waals surface area contributed by atoms with Crippen molar-refractivity contribution in [2.24, 2.45) is 0 Å². The average molecular weight is 349 g/mol. The summed E-state index contributed by atoms with van der Waals surface area (Å²) in [6.45, 7) is 2.26. The SMILES string of the molecule is CC(=O)N1CCc2cc(C(=O)NC3CCCc4cc(N)ccc43)ccc21. The van der Waals surface area contributed by atoms with Crippen LogP contribution >= 0.6 is 0 Å². The van der Waals surface area contributed by atoms with Crippen LogP contribution in [-0.4, -0.2) is 18.4 Å². The molecule has 1 aliphatic heterocycles. The Morgan fingerprint density at radius 1 is 1.12 bits per heavy atom. The number of hydrogen-bond donors (Lipinski definition) is 2. The summed E-state index contributed by atoms with van der Waals surface area (Å²) < 4.78 is 0. The minimum absolute atomic E-state index is 0.0221. The Labute approximate surface area is 153 Å². The molecule has 1 aliphatic carbocycles. The van der Waals surface area contributed by atoms with Gasteiger partial charge in [0, 0.05) is 30.4 Å². The maximum atomic E-state index is 12.8. The highest BCUT2D eigenvalue weighted by atomic mass is 16.2. The first-order valence-electron chi connectivity index (χ1n) is 9.13. The Morgan fingerprint density at radius 2 is 1.96 bits per heavy atom. The number of carbonyl (C=O) groups is 2. The first kappa shape index (κ1) is 16.6. The lowest BCUT2D eigenvalue weighted by Crippen LogP contribution is -2.31. The fourth-order valence-electron chi connectivity index (χ4n) is 4.10. The number of carbonyl (C=O) groups excluding carboxylic acids is 2. The normalized spacial score (nSPS) is 18.2. The first-order chi connectivity index (χ1) is 12.5. The molecule has 1 unspecified atom stereocenters. The molecule has 0 saturated heterocycles. The molecule has 4 rings (SSSR count). The van der Waals surface area contributed by atoms with Gasteiger partial charge in [-0.15, -0.1) is 0 Å². The van der Waals surface area contributed by atoms with Crippen LogP contribution in [0.25, 0.3) is 0 Å². The van der Waals surface area contributed by atoms with E-state index in [4.69, 9.17) is 5.73 Å². The third kappa shape index (κ3) is 2.94. The van der Waals surface area contributed by atoms with Crippen LogP contribution < -0.4 is 16.0 Å². The second-order valence-corrected chi connectivity index (χ2v) is 7.14. The molecule has 26 heavy (non-hydrogen) atoms. The Bertz CT molecular complexity index is 891. The van der Waals surface area contributed by atoms with Gasteiger partial charge in [-0.1, -0.05) is 6.07 Å². The predicted octanol–water partition coefficient (Wildman–Crippen LogP) is 2.99. The van der Waals surface area contributed by atoms with E-state index in [1.54, 1.807) is 11.8 Å². The highest BCUT2D eigenvalue weighted by molar-refractivity contribution is 5.98. The Kier molecular flexibility index (Phi) is 4.15. The van der Waals surface area contributed by atoms with Crippen molar-refractivity contribution in [2.75, 3.05) is 17.2 Å². The minimum Gasteiger partial charge on any atom is -0.399 e. The standard InChI is InChI=1S/C21H23N3O2/c1-13(25)24-10-9-15-11-16(5-8-20(15)24)21(26)23-19-4-2-3-14-12-17(22)6-7-18(14)19/h5-8,11-12,19H,2-4,9-10,22H2,1H3,(H,23,26). The van der Waals surface area contributed by atoms with Gasteiger partial charge < -0.3 is 16.0 Å². The maximum absolute atomic E-state index is 12.8. The van der Waals surface area contributed by atoms with E-state index in [0.717, 1.165) is 42.6 Å². The summed E-state index contributed by atoms with van der Waals surface area (Å²) in [7, 11) is 0. The number of hydrogen-bond acceptors (Lipinski definition) is 3. The molecule has 0 bridgehead atoms. The number of nitrogens with one attached hydrogen (secondary N) is 1. The molecule has 2 aromatic carbocycles. The molecule has 0 radical (unpaired) electrons. The molecule has 1 atom stereocenters. The predicted molar refractivity (Wildman–Crippen MR) is 102 cm³/mol. The van der Waals surface area contributed by atoms with Gasteiger partial charge in [-0.25, -0.2) is 0 Å². The average Bonchev–Trinajstić information content (AvgIpc) is 3.05. The zero-order valence-electron chi connectivity index (χ0n) is 14.9. The molecule has 2 amide bonds. The first-order valence-corrected chi connectivity index (χ1v) is 9.13. The monoisotopic (exact) mass is 349 g/mol.